The van der Waals surface area contributed by atoms with Crippen molar-refractivity contribution < 1.29 is 18.3 Å². The molecule has 2 aromatic carbocycles. The molecule has 1 aromatic heterocycles. The molecule has 0 aliphatic carbocycles. The Morgan fingerprint density at radius 1 is 1.17 bits per heavy atom. The number of halogens is 1. The van der Waals surface area contributed by atoms with Crippen molar-refractivity contribution in [1.82, 2.24) is 9.88 Å². The Hall–Kier alpha value is -3.15. The van der Waals surface area contributed by atoms with Gasteiger partial charge in [0.2, 0.25) is 5.89 Å². The van der Waals surface area contributed by atoms with Crippen molar-refractivity contribution in [2.24, 2.45) is 0 Å². The topological polar surface area (TPSA) is 55.6 Å². The molecule has 150 valence electrons. The first kappa shape index (κ1) is 19.2. The number of ether oxygens (including phenoxy) is 1. The van der Waals surface area contributed by atoms with Gasteiger partial charge in [-0.15, -0.1) is 0 Å². The molecule has 0 radical (unpaired) electrons. The number of hydrogen-bond acceptors (Lipinski definition) is 4. The molecule has 5 nitrogen and oxygen atoms in total. The lowest BCUT2D eigenvalue weighted by atomic mass is 10.0. The van der Waals surface area contributed by atoms with Crippen LogP contribution in [0.4, 0.5) is 4.39 Å². The average Bonchev–Trinajstić information content (AvgIpc) is 3.21. The Balaban J connectivity index is 1.43. The number of amides is 1. The number of carbonyl (C=O) groups is 1. The third-order valence-electron chi connectivity index (χ3n) is 5.05. The summed E-state index contributed by atoms with van der Waals surface area (Å²) in [6, 6.07) is 15.5. The Morgan fingerprint density at radius 3 is 2.86 bits per heavy atom. The van der Waals surface area contributed by atoms with Crippen LogP contribution in [-0.2, 0) is 11.2 Å². The third kappa shape index (κ3) is 4.83. The molecule has 1 atom stereocenters. The number of aromatic nitrogens is 1. The normalized spacial score (nSPS) is 16.6. The molecule has 1 amide bonds. The van der Waals surface area contributed by atoms with E-state index in [9.17, 15) is 9.18 Å². The summed E-state index contributed by atoms with van der Waals surface area (Å²) in [7, 11) is 0. The fourth-order valence-electron chi connectivity index (χ4n) is 3.64. The van der Waals surface area contributed by atoms with E-state index in [0.717, 1.165) is 24.8 Å². The predicted octanol–water partition coefficient (Wildman–Crippen LogP) is 4.54. The van der Waals surface area contributed by atoms with Gasteiger partial charge in [-0.3, -0.25) is 4.79 Å². The summed E-state index contributed by atoms with van der Waals surface area (Å²) in [5.41, 5.74) is 0.820. The number of para-hydroxylation sites is 1. The van der Waals surface area contributed by atoms with Crippen LogP contribution in [0.5, 0.6) is 5.75 Å². The van der Waals surface area contributed by atoms with Crippen LogP contribution in [0, 0.1) is 5.82 Å². The second-order valence-electron chi connectivity index (χ2n) is 7.17. The minimum atomic E-state index is -0.273. The van der Waals surface area contributed by atoms with Gasteiger partial charge in [-0.2, -0.15) is 0 Å². The molecule has 1 fully saturated rings. The van der Waals surface area contributed by atoms with Crippen molar-refractivity contribution in [2.45, 2.75) is 31.7 Å². The summed E-state index contributed by atoms with van der Waals surface area (Å²) < 4.78 is 25.0. The van der Waals surface area contributed by atoms with Gasteiger partial charge in [0.05, 0.1) is 6.20 Å². The van der Waals surface area contributed by atoms with Crippen LogP contribution in [0.25, 0.3) is 0 Å². The van der Waals surface area contributed by atoms with Crippen molar-refractivity contribution in [2.75, 3.05) is 13.2 Å². The standard InChI is InChI=1S/C23H23FN2O3/c24-18-8-6-7-17(13-18)14-20-15-25-23(29-20)21-11-4-5-12-26(21)22(27)16-28-19-9-2-1-3-10-19/h1-3,6-10,13,15,21H,4-5,11-12,14,16H2. The predicted molar refractivity (Wildman–Crippen MR) is 106 cm³/mol. The molecule has 1 unspecified atom stereocenters. The van der Waals surface area contributed by atoms with Crippen LogP contribution < -0.4 is 4.74 Å². The van der Waals surface area contributed by atoms with Gasteiger partial charge in [-0.05, 0) is 49.1 Å². The number of benzene rings is 2. The van der Waals surface area contributed by atoms with Crippen molar-refractivity contribution in [1.29, 1.82) is 0 Å². The van der Waals surface area contributed by atoms with Crippen molar-refractivity contribution in [3.63, 3.8) is 0 Å². The largest absolute Gasteiger partial charge is 0.484 e. The Bertz CT molecular complexity index is 958. The highest BCUT2D eigenvalue weighted by Gasteiger charge is 2.31. The Morgan fingerprint density at radius 2 is 2.03 bits per heavy atom. The zero-order valence-corrected chi connectivity index (χ0v) is 16.1. The first-order valence-corrected chi connectivity index (χ1v) is 9.85. The van der Waals surface area contributed by atoms with Crippen LogP contribution in [0.1, 0.15) is 42.5 Å². The monoisotopic (exact) mass is 394 g/mol. The van der Waals surface area contributed by atoms with Gasteiger partial charge >= 0.3 is 0 Å². The summed E-state index contributed by atoms with van der Waals surface area (Å²) in [4.78, 5) is 19.0. The molecule has 0 saturated carbocycles. The maximum Gasteiger partial charge on any atom is 0.261 e. The molecule has 4 rings (SSSR count). The maximum atomic E-state index is 13.4. The van der Waals surface area contributed by atoms with Gasteiger partial charge in [0.15, 0.2) is 6.61 Å². The van der Waals surface area contributed by atoms with Gasteiger partial charge in [0.1, 0.15) is 23.4 Å². The Labute approximate surface area is 169 Å². The lowest BCUT2D eigenvalue weighted by molar-refractivity contribution is -0.137. The van der Waals surface area contributed by atoms with Gasteiger partial charge in [0.25, 0.3) is 5.91 Å². The molecular formula is C23H23FN2O3. The second kappa shape index (κ2) is 8.90. The van der Waals surface area contributed by atoms with Crippen LogP contribution in [0.15, 0.2) is 65.2 Å². The highest BCUT2D eigenvalue weighted by atomic mass is 19.1. The molecule has 1 aliphatic heterocycles. The highest BCUT2D eigenvalue weighted by Crippen LogP contribution is 2.31. The molecule has 1 aliphatic rings. The van der Waals surface area contributed by atoms with E-state index >= 15 is 0 Å². The third-order valence-corrected chi connectivity index (χ3v) is 5.05. The van der Waals surface area contributed by atoms with E-state index in [4.69, 9.17) is 9.15 Å². The molecule has 0 spiro atoms. The summed E-state index contributed by atoms with van der Waals surface area (Å²) in [5.74, 6) is 1.50. The van der Waals surface area contributed by atoms with Gasteiger partial charge in [0, 0.05) is 13.0 Å². The quantitative estimate of drug-likeness (QED) is 0.616. The molecule has 2 heterocycles. The molecule has 3 aromatic rings. The smallest absolute Gasteiger partial charge is 0.261 e. The van der Waals surface area contributed by atoms with Crippen LogP contribution >= 0.6 is 0 Å². The minimum absolute atomic E-state index is 0.0165. The van der Waals surface area contributed by atoms with E-state index in [-0.39, 0.29) is 24.4 Å². The number of hydrogen-bond donors (Lipinski definition) is 0. The first-order chi connectivity index (χ1) is 14.2. The molecule has 6 heteroatoms. The molecule has 0 N–H and O–H groups in total. The van der Waals surface area contributed by atoms with Crippen molar-refractivity contribution in [3.05, 3.63) is 83.8 Å². The molecule has 0 bridgehead atoms. The van der Waals surface area contributed by atoms with E-state index < -0.39 is 0 Å². The number of likely N-dealkylation sites (tertiary alicyclic amines) is 1. The summed E-state index contributed by atoms with van der Waals surface area (Å²) in [6.07, 6.45) is 4.89. The van der Waals surface area contributed by atoms with Crippen molar-refractivity contribution >= 4 is 5.91 Å². The maximum absolute atomic E-state index is 13.4. The molecular weight excluding hydrogens is 371 g/mol. The number of rotatable bonds is 6. The number of carbonyl (C=O) groups excluding carboxylic acids is 1. The minimum Gasteiger partial charge on any atom is -0.484 e. The van der Waals surface area contributed by atoms with Gasteiger partial charge < -0.3 is 14.1 Å². The van der Waals surface area contributed by atoms with Crippen LogP contribution in [-0.4, -0.2) is 28.9 Å². The van der Waals surface area contributed by atoms with Gasteiger partial charge in [-0.25, -0.2) is 9.37 Å². The number of piperidine rings is 1. The van der Waals surface area contributed by atoms with E-state index in [2.05, 4.69) is 4.98 Å². The van der Waals surface area contributed by atoms with Crippen molar-refractivity contribution in [3.8, 4) is 5.75 Å². The number of oxazole rings is 1. The van der Waals surface area contributed by atoms with E-state index in [0.29, 0.717) is 30.4 Å². The van der Waals surface area contributed by atoms with E-state index in [1.165, 1.54) is 12.1 Å². The lowest BCUT2D eigenvalue weighted by Crippen LogP contribution is -2.41. The van der Waals surface area contributed by atoms with E-state index in [1.54, 1.807) is 17.2 Å². The lowest BCUT2D eigenvalue weighted by Gasteiger charge is -2.33. The number of nitrogens with zero attached hydrogens (tertiary/aromatic N) is 2. The van der Waals surface area contributed by atoms with Crippen LogP contribution in [0.3, 0.4) is 0 Å². The Kier molecular flexibility index (Phi) is 5.89. The SMILES string of the molecule is O=C(COc1ccccc1)N1CCCCC1c1ncc(Cc2cccc(F)c2)o1. The summed E-state index contributed by atoms with van der Waals surface area (Å²) in [5, 5.41) is 0. The van der Waals surface area contributed by atoms with Gasteiger partial charge in [-0.1, -0.05) is 30.3 Å². The fraction of sp³-hybridized carbons (Fsp3) is 0.304. The zero-order valence-electron chi connectivity index (χ0n) is 16.1. The fourth-order valence-corrected chi connectivity index (χ4v) is 3.64. The van der Waals surface area contributed by atoms with E-state index in [1.807, 2.05) is 36.4 Å². The molecule has 29 heavy (non-hydrogen) atoms. The summed E-state index contributed by atoms with van der Waals surface area (Å²) in [6.45, 7) is 0.640. The van der Waals surface area contributed by atoms with Crippen LogP contribution in [0.2, 0.25) is 0 Å². The summed E-state index contributed by atoms with van der Waals surface area (Å²) >= 11 is 0. The highest BCUT2D eigenvalue weighted by molar-refractivity contribution is 5.78. The molecule has 1 saturated heterocycles. The zero-order chi connectivity index (χ0) is 20.1. The second-order valence-corrected chi connectivity index (χ2v) is 7.17. The first-order valence-electron chi connectivity index (χ1n) is 9.85. The average molecular weight is 394 g/mol.